The monoisotopic (exact) mass is 583 g/mol. The van der Waals surface area contributed by atoms with E-state index in [4.69, 9.17) is 15.9 Å². The molecule has 1 saturated heterocycles. The smallest absolute Gasteiger partial charge is 0.251 e. The number of thioether (sulfide) groups is 1. The van der Waals surface area contributed by atoms with Crippen molar-refractivity contribution in [3.8, 4) is 11.5 Å². The number of ether oxygens (including phenoxy) is 1. The quantitative estimate of drug-likeness (QED) is 0.211. The number of thiophene rings is 1. The Bertz CT molecular complexity index is 1380. The number of halogens is 1. The van der Waals surface area contributed by atoms with Crippen LogP contribution in [0.2, 0.25) is 0 Å². The molecule has 1 fully saturated rings. The Kier molecular flexibility index (Phi) is 9.43. The molecule has 1 aromatic heterocycles. The average molecular weight is 584 g/mol. The lowest BCUT2D eigenvalue weighted by Crippen LogP contribution is -2.49. The van der Waals surface area contributed by atoms with Crippen molar-refractivity contribution in [3.05, 3.63) is 81.8 Å². The third kappa shape index (κ3) is 7.19. The molecular weight excluding hydrogens is 553 g/mol. The molecular formula is C28H30FN5O4S2. The number of hydrogen-bond acceptors (Lipinski definition) is 7. The maximum Gasteiger partial charge on any atom is 0.251 e. The van der Waals surface area contributed by atoms with Gasteiger partial charge in [0.1, 0.15) is 29.2 Å². The van der Waals surface area contributed by atoms with Crippen molar-refractivity contribution in [1.29, 1.82) is 5.41 Å². The molecule has 1 unspecified atom stereocenters. The lowest BCUT2D eigenvalue weighted by atomic mass is 10.1. The van der Waals surface area contributed by atoms with Crippen LogP contribution in [0, 0.1) is 11.2 Å². The number of benzene rings is 2. The molecule has 0 bridgehead atoms. The van der Waals surface area contributed by atoms with E-state index in [0.717, 1.165) is 4.88 Å². The molecule has 2 aromatic carbocycles. The fraction of sp³-hybridized carbons (Fsp3) is 0.286. The number of likely N-dealkylation sites (tertiary alicyclic amines) is 1. The van der Waals surface area contributed by atoms with E-state index in [1.807, 2.05) is 13.2 Å². The van der Waals surface area contributed by atoms with Gasteiger partial charge in [-0.05, 0) is 74.2 Å². The van der Waals surface area contributed by atoms with Crippen LogP contribution in [-0.4, -0.2) is 59.1 Å². The fourth-order valence-corrected chi connectivity index (χ4v) is 5.87. The van der Waals surface area contributed by atoms with Crippen molar-refractivity contribution in [3.63, 3.8) is 0 Å². The summed E-state index contributed by atoms with van der Waals surface area (Å²) < 4.78 is 18.7. The molecule has 4 rings (SSSR count). The molecule has 2 heterocycles. The number of nitrogens with one attached hydrogen (secondary N) is 3. The number of rotatable bonds is 10. The van der Waals surface area contributed by atoms with Gasteiger partial charge >= 0.3 is 0 Å². The van der Waals surface area contributed by atoms with E-state index in [1.54, 1.807) is 47.5 Å². The van der Waals surface area contributed by atoms with Gasteiger partial charge in [-0.25, -0.2) is 4.39 Å². The summed E-state index contributed by atoms with van der Waals surface area (Å²) in [6.45, 7) is 2.00. The first-order valence-corrected chi connectivity index (χ1v) is 14.7. The van der Waals surface area contributed by atoms with Crippen molar-refractivity contribution in [1.82, 2.24) is 15.5 Å². The summed E-state index contributed by atoms with van der Waals surface area (Å²) in [5.74, 6) is -0.508. The number of nitrogen functional groups attached to an aromatic ring is 1. The van der Waals surface area contributed by atoms with Gasteiger partial charge in [-0.2, -0.15) is 11.8 Å². The van der Waals surface area contributed by atoms with Crippen LogP contribution in [-0.2, 0) is 9.59 Å². The highest BCUT2D eigenvalue weighted by Gasteiger charge is 2.39. The molecule has 40 heavy (non-hydrogen) atoms. The predicted molar refractivity (Wildman–Crippen MR) is 155 cm³/mol. The van der Waals surface area contributed by atoms with Crippen LogP contribution >= 0.6 is 23.1 Å². The maximum absolute atomic E-state index is 13.2. The second-order valence-electron chi connectivity index (χ2n) is 9.30. The SMILES string of the molecule is CS[C@@H]1C[C@@H](C(=O)NC(C)c2cc(C(=N)N)cs2)N(C(=O)CNC(=O)c2ccc(Oc3ccc(F)cc3)cc2)C1. The molecule has 0 spiro atoms. The van der Waals surface area contributed by atoms with Gasteiger partial charge in [0.2, 0.25) is 11.8 Å². The van der Waals surface area contributed by atoms with Gasteiger partial charge < -0.3 is 26.0 Å². The van der Waals surface area contributed by atoms with Gasteiger partial charge in [-0.15, -0.1) is 11.3 Å². The van der Waals surface area contributed by atoms with Crippen molar-refractivity contribution in [2.45, 2.75) is 30.7 Å². The van der Waals surface area contributed by atoms with Crippen LogP contribution in [0.3, 0.4) is 0 Å². The highest BCUT2D eigenvalue weighted by atomic mass is 32.2. The normalized spacial score (nSPS) is 17.2. The Morgan fingerprint density at radius 3 is 2.40 bits per heavy atom. The highest BCUT2D eigenvalue weighted by molar-refractivity contribution is 7.99. The first-order valence-electron chi connectivity index (χ1n) is 12.5. The molecule has 3 atom stereocenters. The van der Waals surface area contributed by atoms with Crippen LogP contribution in [0.1, 0.15) is 40.2 Å². The van der Waals surface area contributed by atoms with Crippen molar-refractivity contribution < 1.29 is 23.5 Å². The second-order valence-corrected chi connectivity index (χ2v) is 11.4. The summed E-state index contributed by atoms with van der Waals surface area (Å²) in [4.78, 5) is 41.4. The topological polar surface area (TPSA) is 138 Å². The minimum Gasteiger partial charge on any atom is -0.457 e. The number of carbonyl (C=O) groups excluding carboxylic acids is 3. The summed E-state index contributed by atoms with van der Waals surface area (Å²) in [6, 6.07) is 12.7. The Morgan fingerprint density at radius 1 is 1.15 bits per heavy atom. The van der Waals surface area contributed by atoms with Gasteiger partial charge in [0, 0.05) is 33.2 Å². The molecule has 0 aliphatic carbocycles. The number of nitrogens with two attached hydrogens (primary N) is 1. The van der Waals surface area contributed by atoms with Gasteiger partial charge in [0.25, 0.3) is 5.91 Å². The number of amides is 3. The van der Waals surface area contributed by atoms with E-state index in [1.165, 1.54) is 40.5 Å². The molecule has 210 valence electrons. The molecule has 12 heteroatoms. The minimum absolute atomic E-state index is 0.0345. The van der Waals surface area contributed by atoms with Crippen LogP contribution in [0.4, 0.5) is 4.39 Å². The molecule has 3 aromatic rings. The van der Waals surface area contributed by atoms with Crippen LogP contribution in [0.15, 0.2) is 60.0 Å². The number of amidine groups is 1. The van der Waals surface area contributed by atoms with Crippen LogP contribution in [0.25, 0.3) is 0 Å². The number of nitrogens with zero attached hydrogens (tertiary/aromatic N) is 1. The molecule has 5 N–H and O–H groups in total. The standard InChI is InChI=1S/C28H30FN5O4S2/c1-16(24-11-18(15-40-24)26(30)31)33-28(37)23-12-22(39-2)14-34(23)25(35)13-32-27(36)17-3-7-20(8-4-17)38-21-9-5-19(29)6-10-21/h3-11,15-16,22-23H,12-14H2,1-2H3,(H3,30,31)(H,32,36)(H,33,37)/t16?,22-,23+/m1/s1. The summed E-state index contributed by atoms with van der Waals surface area (Å²) >= 11 is 3.00. The maximum atomic E-state index is 13.2. The Balaban J connectivity index is 1.33. The first kappa shape index (κ1) is 29.1. The van der Waals surface area contributed by atoms with Gasteiger partial charge in [0.15, 0.2) is 0 Å². The Hall–Kier alpha value is -3.90. The fourth-order valence-electron chi connectivity index (χ4n) is 4.27. The predicted octanol–water partition coefficient (Wildman–Crippen LogP) is 3.90. The van der Waals surface area contributed by atoms with E-state index in [9.17, 15) is 18.8 Å². The van der Waals surface area contributed by atoms with E-state index in [0.29, 0.717) is 35.6 Å². The van der Waals surface area contributed by atoms with Crippen molar-refractivity contribution in [2.24, 2.45) is 5.73 Å². The van der Waals surface area contributed by atoms with Crippen molar-refractivity contribution in [2.75, 3.05) is 19.3 Å². The Labute approximate surface area is 239 Å². The van der Waals surface area contributed by atoms with Gasteiger partial charge in [-0.1, -0.05) is 0 Å². The van der Waals surface area contributed by atoms with E-state index in [2.05, 4.69) is 10.6 Å². The molecule has 0 radical (unpaired) electrons. The molecule has 3 amide bonds. The summed E-state index contributed by atoms with van der Waals surface area (Å²) in [5.41, 5.74) is 6.49. The zero-order chi connectivity index (χ0) is 28.8. The third-order valence-electron chi connectivity index (χ3n) is 6.50. The lowest BCUT2D eigenvalue weighted by Gasteiger charge is -2.25. The summed E-state index contributed by atoms with van der Waals surface area (Å²) in [5, 5.41) is 15.1. The van der Waals surface area contributed by atoms with Gasteiger partial charge in [0.05, 0.1) is 12.6 Å². The zero-order valence-corrected chi connectivity index (χ0v) is 23.6. The van der Waals surface area contributed by atoms with Crippen LogP contribution < -0.4 is 21.1 Å². The number of carbonyl (C=O) groups is 3. The first-order chi connectivity index (χ1) is 19.1. The van der Waals surface area contributed by atoms with Gasteiger partial charge in [-0.3, -0.25) is 19.8 Å². The van der Waals surface area contributed by atoms with Crippen molar-refractivity contribution >= 4 is 46.7 Å². The largest absolute Gasteiger partial charge is 0.457 e. The molecule has 1 aliphatic rings. The second kappa shape index (κ2) is 13.0. The van der Waals surface area contributed by atoms with E-state index >= 15 is 0 Å². The van der Waals surface area contributed by atoms with E-state index < -0.39 is 11.9 Å². The molecule has 1 aliphatic heterocycles. The Morgan fingerprint density at radius 2 is 1.80 bits per heavy atom. The number of hydrogen-bond donors (Lipinski definition) is 4. The lowest BCUT2D eigenvalue weighted by molar-refractivity contribution is -0.137. The third-order valence-corrected chi connectivity index (χ3v) is 8.62. The minimum atomic E-state index is -0.653. The molecule has 9 nitrogen and oxygen atoms in total. The van der Waals surface area contributed by atoms with Crippen LogP contribution in [0.5, 0.6) is 11.5 Å². The highest BCUT2D eigenvalue weighted by Crippen LogP contribution is 2.28. The summed E-state index contributed by atoms with van der Waals surface area (Å²) in [6.07, 6.45) is 2.45. The summed E-state index contributed by atoms with van der Waals surface area (Å²) in [7, 11) is 0. The van der Waals surface area contributed by atoms with E-state index in [-0.39, 0.29) is 41.3 Å². The molecule has 0 saturated carbocycles. The zero-order valence-electron chi connectivity index (χ0n) is 22.0. The average Bonchev–Trinajstić information content (AvgIpc) is 3.62.